The zero-order chi connectivity index (χ0) is 21.8. The van der Waals surface area contributed by atoms with E-state index in [0.29, 0.717) is 43.3 Å². The third-order valence-electron chi connectivity index (χ3n) is 4.98. The molecule has 0 bridgehead atoms. The van der Waals surface area contributed by atoms with Gasteiger partial charge in [-0.2, -0.15) is 0 Å². The molecule has 2 heterocycles. The fourth-order valence-electron chi connectivity index (χ4n) is 3.50. The smallest absolute Gasteiger partial charge is 0.254 e. The second-order valence-corrected chi connectivity index (χ2v) is 9.09. The third-order valence-corrected chi connectivity index (χ3v) is 5.58. The van der Waals surface area contributed by atoms with Crippen molar-refractivity contribution in [1.82, 2.24) is 14.9 Å². The lowest BCUT2D eigenvalue weighted by Gasteiger charge is -2.35. The van der Waals surface area contributed by atoms with Crippen molar-refractivity contribution in [2.75, 3.05) is 42.1 Å². The Labute approximate surface area is 181 Å². The van der Waals surface area contributed by atoms with E-state index in [1.54, 1.807) is 35.4 Å². The molecular formula is C22H23N5O3S. The zero-order valence-electron chi connectivity index (χ0n) is 17.1. The Hall–Kier alpha value is -3.46. The molecule has 0 aliphatic carbocycles. The van der Waals surface area contributed by atoms with Gasteiger partial charge in [-0.25, -0.2) is 18.4 Å². The highest BCUT2D eigenvalue weighted by atomic mass is 32.2. The third kappa shape index (κ3) is 5.18. The molecule has 3 aromatic rings. The van der Waals surface area contributed by atoms with E-state index < -0.39 is 10.0 Å². The predicted octanol–water partition coefficient (Wildman–Crippen LogP) is 2.48. The number of nitrogens with one attached hydrogen (secondary N) is 1. The van der Waals surface area contributed by atoms with Crippen molar-refractivity contribution in [2.24, 2.45) is 0 Å². The number of anilines is 2. The monoisotopic (exact) mass is 437 g/mol. The molecule has 1 aliphatic heterocycles. The topological polar surface area (TPSA) is 95.5 Å². The van der Waals surface area contributed by atoms with E-state index in [1.165, 1.54) is 0 Å². The SMILES string of the molecule is CS(=O)(=O)Nc1cccc(C(=O)N2CCN(c3ccnc(-c4ccccc4)n3)CC2)c1. The number of sulfonamides is 1. The molecule has 1 saturated heterocycles. The van der Waals surface area contributed by atoms with Crippen molar-refractivity contribution >= 4 is 27.4 Å². The molecule has 0 radical (unpaired) electrons. The van der Waals surface area contributed by atoms with Crippen LogP contribution in [0.25, 0.3) is 11.4 Å². The van der Waals surface area contributed by atoms with Gasteiger partial charge >= 0.3 is 0 Å². The van der Waals surface area contributed by atoms with Gasteiger partial charge < -0.3 is 9.80 Å². The van der Waals surface area contributed by atoms with E-state index in [9.17, 15) is 13.2 Å². The number of carbonyl (C=O) groups excluding carboxylic acids is 1. The van der Waals surface area contributed by atoms with Gasteiger partial charge in [-0.05, 0) is 24.3 Å². The van der Waals surface area contributed by atoms with Gasteiger partial charge in [-0.1, -0.05) is 36.4 Å². The Bertz CT molecular complexity index is 1180. The highest BCUT2D eigenvalue weighted by molar-refractivity contribution is 7.92. The number of rotatable bonds is 5. The second kappa shape index (κ2) is 8.73. The van der Waals surface area contributed by atoms with Crippen LogP contribution in [-0.4, -0.2) is 61.6 Å². The van der Waals surface area contributed by atoms with E-state index in [1.807, 2.05) is 36.4 Å². The Morgan fingerprint density at radius 3 is 2.42 bits per heavy atom. The molecule has 9 heteroatoms. The van der Waals surface area contributed by atoms with Gasteiger partial charge in [-0.15, -0.1) is 0 Å². The van der Waals surface area contributed by atoms with Gasteiger partial charge in [0.05, 0.1) is 6.26 Å². The molecule has 31 heavy (non-hydrogen) atoms. The van der Waals surface area contributed by atoms with Crippen LogP contribution >= 0.6 is 0 Å². The average molecular weight is 438 g/mol. The molecule has 8 nitrogen and oxygen atoms in total. The van der Waals surface area contributed by atoms with Crippen LogP contribution in [0.1, 0.15) is 10.4 Å². The summed E-state index contributed by atoms with van der Waals surface area (Å²) in [5.74, 6) is 1.39. The summed E-state index contributed by atoms with van der Waals surface area (Å²) in [6, 6.07) is 18.2. The van der Waals surface area contributed by atoms with Crippen LogP contribution in [0.5, 0.6) is 0 Å². The Morgan fingerprint density at radius 2 is 1.71 bits per heavy atom. The number of hydrogen-bond acceptors (Lipinski definition) is 6. The summed E-state index contributed by atoms with van der Waals surface area (Å²) in [6.07, 6.45) is 2.83. The van der Waals surface area contributed by atoms with E-state index in [2.05, 4.69) is 19.6 Å². The zero-order valence-corrected chi connectivity index (χ0v) is 17.9. The minimum absolute atomic E-state index is 0.121. The molecule has 160 valence electrons. The minimum Gasteiger partial charge on any atom is -0.353 e. The van der Waals surface area contributed by atoms with Crippen molar-refractivity contribution < 1.29 is 13.2 Å². The summed E-state index contributed by atoms with van der Waals surface area (Å²) in [5, 5.41) is 0. The number of amides is 1. The van der Waals surface area contributed by atoms with Crippen molar-refractivity contribution in [1.29, 1.82) is 0 Å². The minimum atomic E-state index is -3.40. The number of hydrogen-bond donors (Lipinski definition) is 1. The largest absolute Gasteiger partial charge is 0.353 e. The molecule has 0 unspecified atom stereocenters. The molecule has 1 aromatic heterocycles. The van der Waals surface area contributed by atoms with Gasteiger partial charge in [0.15, 0.2) is 5.82 Å². The van der Waals surface area contributed by atoms with Crippen LogP contribution in [0.15, 0.2) is 66.9 Å². The summed E-state index contributed by atoms with van der Waals surface area (Å²) < 4.78 is 25.3. The summed E-state index contributed by atoms with van der Waals surface area (Å²) >= 11 is 0. The molecule has 0 atom stereocenters. The Morgan fingerprint density at radius 1 is 0.968 bits per heavy atom. The summed E-state index contributed by atoms with van der Waals surface area (Å²) in [5.41, 5.74) is 1.79. The Kier molecular flexibility index (Phi) is 5.85. The van der Waals surface area contributed by atoms with Crippen LogP contribution in [0.3, 0.4) is 0 Å². The van der Waals surface area contributed by atoms with Crippen LogP contribution in [0, 0.1) is 0 Å². The Balaban J connectivity index is 1.42. The summed E-state index contributed by atoms with van der Waals surface area (Å²) in [4.78, 5) is 25.9. The second-order valence-electron chi connectivity index (χ2n) is 7.34. The van der Waals surface area contributed by atoms with E-state index >= 15 is 0 Å². The molecule has 1 fully saturated rings. The van der Waals surface area contributed by atoms with Crippen LogP contribution in [-0.2, 0) is 10.0 Å². The number of piperazine rings is 1. The first-order chi connectivity index (χ1) is 14.9. The molecular weight excluding hydrogens is 414 g/mol. The maximum Gasteiger partial charge on any atom is 0.254 e. The number of nitrogens with zero attached hydrogens (tertiary/aromatic N) is 4. The fourth-order valence-corrected chi connectivity index (χ4v) is 4.06. The summed E-state index contributed by atoms with van der Waals surface area (Å²) in [7, 11) is -3.40. The van der Waals surface area contributed by atoms with Crippen molar-refractivity contribution in [3.8, 4) is 11.4 Å². The molecule has 1 aliphatic rings. The van der Waals surface area contributed by atoms with Gasteiger partial charge in [0, 0.05) is 49.2 Å². The quantitative estimate of drug-likeness (QED) is 0.659. The molecule has 4 rings (SSSR count). The average Bonchev–Trinajstić information content (AvgIpc) is 2.78. The number of benzene rings is 2. The number of aromatic nitrogens is 2. The van der Waals surface area contributed by atoms with E-state index in [4.69, 9.17) is 0 Å². The van der Waals surface area contributed by atoms with E-state index in [-0.39, 0.29) is 5.91 Å². The first-order valence-electron chi connectivity index (χ1n) is 9.90. The van der Waals surface area contributed by atoms with Gasteiger partial charge in [0.1, 0.15) is 5.82 Å². The number of carbonyl (C=O) groups is 1. The molecule has 1 amide bonds. The maximum absolute atomic E-state index is 12.9. The molecule has 1 N–H and O–H groups in total. The van der Waals surface area contributed by atoms with Crippen molar-refractivity contribution in [3.63, 3.8) is 0 Å². The van der Waals surface area contributed by atoms with Crippen LogP contribution in [0.2, 0.25) is 0 Å². The lowest BCUT2D eigenvalue weighted by Crippen LogP contribution is -2.49. The summed E-state index contributed by atoms with van der Waals surface area (Å²) in [6.45, 7) is 2.40. The fraction of sp³-hybridized carbons (Fsp3) is 0.227. The first-order valence-corrected chi connectivity index (χ1v) is 11.8. The molecule has 0 spiro atoms. The van der Waals surface area contributed by atoms with Gasteiger partial charge in [-0.3, -0.25) is 9.52 Å². The van der Waals surface area contributed by atoms with Crippen molar-refractivity contribution in [2.45, 2.75) is 0 Å². The lowest BCUT2D eigenvalue weighted by atomic mass is 10.1. The maximum atomic E-state index is 12.9. The van der Waals surface area contributed by atoms with Crippen LogP contribution < -0.4 is 9.62 Å². The standard InChI is InChI=1S/C22H23N5O3S/c1-31(29,30)25-19-9-5-8-18(16-19)22(28)27-14-12-26(13-15-27)20-10-11-23-21(24-20)17-6-3-2-4-7-17/h2-11,16,25H,12-15H2,1H3. The lowest BCUT2D eigenvalue weighted by molar-refractivity contribution is 0.0746. The predicted molar refractivity (Wildman–Crippen MR) is 120 cm³/mol. The normalized spacial score (nSPS) is 14.4. The first kappa shape index (κ1) is 20.8. The molecule has 0 saturated carbocycles. The van der Waals surface area contributed by atoms with Gasteiger partial charge in [0.2, 0.25) is 10.0 Å². The van der Waals surface area contributed by atoms with E-state index in [0.717, 1.165) is 17.6 Å². The van der Waals surface area contributed by atoms with Gasteiger partial charge in [0.25, 0.3) is 5.91 Å². The van der Waals surface area contributed by atoms with Crippen LogP contribution in [0.4, 0.5) is 11.5 Å². The highest BCUT2D eigenvalue weighted by Gasteiger charge is 2.23. The van der Waals surface area contributed by atoms with Crippen molar-refractivity contribution in [3.05, 3.63) is 72.4 Å². The highest BCUT2D eigenvalue weighted by Crippen LogP contribution is 2.20. The molecule has 2 aromatic carbocycles.